The molecule has 0 fully saturated rings. The first-order chi connectivity index (χ1) is 12.4. The van der Waals surface area contributed by atoms with Gasteiger partial charge in [-0.1, -0.05) is 90.9 Å². The molecule has 0 aromatic rings. The Kier molecular flexibility index (Phi) is 22.4. The van der Waals surface area contributed by atoms with Gasteiger partial charge in [-0.3, -0.25) is 0 Å². The summed E-state index contributed by atoms with van der Waals surface area (Å²) in [6.45, 7) is 4.37. The van der Waals surface area contributed by atoms with Crippen LogP contribution in [-0.4, -0.2) is 29.4 Å². The molecule has 2 atom stereocenters. The molecule has 0 bridgehead atoms. The van der Waals surface area contributed by atoms with Gasteiger partial charge >= 0.3 is 29.6 Å². The molecule has 0 spiro atoms. The fourth-order valence-electron chi connectivity index (χ4n) is 3.47. The molecule has 27 heavy (non-hydrogen) atoms. The van der Waals surface area contributed by atoms with E-state index in [0.717, 1.165) is 38.5 Å². The Morgan fingerprint density at radius 1 is 0.667 bits per heavy atom. The minimum atomic E-state index is -4.22. The van der Waals surface area contributed by atoms with E-state index >= 15 is 0 Å². The molecule has 6 heteroatoms. The van der Waals surface area contributed by atoms with Gasteiger partial charge in [0.1, 0.15) is 0 Å². The standard InChI is InChI=1S/C21H44O4S.Na/c1-3-5-7-9-11-13-16-20(22)17-15-19-21(26(23,24)25)18-14-12-10-8-6-4-2;/h20-22H,3-19H2,1-2H3,(H,23,24,25);/q;+1/p-1. The fourth-order valence-corrected chi connectivity index (χ4v) is 4.38. The molecule has 0 aliphatic rings. The third kappa shape index (κ3) is 19.9. The first kappa shape index (κ1) is 30.1. The van der Waals surface area contributed by atoms with E-state index in [4.69, 9.17) is 0 Å². The van der Waals surface area contributed by atoms with Gasteiger partial charge in [0.25, 0.3) is 0 Å². The van der Waals surface area contributed by atoms with Crippen LogP contribution in [-0.2, 0) is 10.1 Å². The summed E-state index contributed by atoms with van der Waals surface area (Å²) in [6, 6.07) is 0. The van der Waals surface area contributed by atoms with Crippen LogP contribution in [0, 0.1) is 0 Å². The number of hydrogen-bond acceptors (Lipinski definition) is 4. The molecule has 0 aliphatic carbocycles. The van der Waals surface area contributed by atoms with Gasteiger partial charge in [0, 0.05) is 5.25 Å². The maximum atomic E-state index is 11.5. The molecule has 1 N–H and O–H groups in total. The van der Waals surface area contributed by atoms with Crippen LogP contribution in [0.1, 0.15) is 123 Å². The Bertz CT molecular complexity index is 401. The average Bonchev–Trinajstić information content (AvgIpc) is 2.58. The fraction of sp³-hybridized carbons (Fsp3) is 1.00. The predicted molar refractivity (Wildman–Crippen MR) is 109 cm³/mol. The van der Waals surface area contributed by atoms with Crippen LogP contribution in [0.3, 0.4) is 0 Å². The number of rotatable bonds is 19. The number of hydrogen-bond donors (Lipinski definition) is 1. The van der Waals surface area contributed by atoms with Crippen LogP contribution in [0.15, 0.2) is 0 Å². The molecular formula is C21H43NaO4S. The normalized spacial score (nSPS) is 13.9. The molecule has 158 valence electrons. The Labute approximate surface area is 191 Å². The van der Waals surface area contributed by atoms with E-state index in [2.05, 4.69) is 13.8 Å². The molecule has 0 aliphatic heterocycles. The molecule has 0 rings (SSSR count). The second-order valence-corrected chi connectivity index (χ2v) is 9.46. The van der Waals surface area contributed by atoms with Crippen molar-refractivity contribution in [3.8, 4) is 0 Å². The minimum Gasteiger partial charge on any atom is -0.748 e. The van der Waals surface area contributed by atoms with Gasteiger partial charge in [-0.25, -0.2) is 8.42 Å². The number of aliphatic hydroxyl groups is 1. The summed E-state index contributed by atoms with van der Waals surface area (Å²) in [4.78, 5) is 0. The maximum absolute atomic E-state index is 11.5. The summed E-state index contributed by atoms with van der Waals surface area (Å²) < 4.78 is 34.4. The smallest absolute Gasteiger partial charge is 0.748 e. The van der Waals surface area contributed by atoms with Crippen molar-refractivity contribution in [1.29, 1.82) is 0 Å². The molecule has 0 saturated carbocycles. The molecule has 0 amide bonds. The molecule has 0 aromatic carbocycles. The van der Waals surface area contributed by atoms with Crippen molar-refractivity contribution in [3.63, 3.8) is 0 Å². The van der Waals surface area contributed by atoms with Gasteiger partial charge in [-0.15, -0.1) is 0 Å². The van der Waals surface area contributed by atoms with Crippen molar-refractivity contribution in [3.05, 3.63) is 0 Å². The van der Waals surface area contributed by atoms with Crippen LogP contribution >= 0.6 is 0 Å². The Morgan fingerprint density at radius 3 is 1.52 bits per heavy atom. The van der Waals surface area contributed by atoms with Crippen LogP contribution in [0.5, 0.6) is 0 Å². The van der Waals surface area contributed by atoms with E-state index in [9.17, 15) is 18.1 Å². The summed E-state index contributed by atoms with van der Waals surface area (Å²) in [6.07, 6.45) is 16.3. The van der Waals surface area contributed by atoms with Crippen LogP contribution < -0.4 is 29.6 Å². The van der Waals surface area contributed by atoms with Crippen LogP contribution in [0.4, 0.5) is 0 Å². The first-order valence-electron chi connectivity index (χ1n) is 11.0. The SMILES string of the molecule is CCCCCCCCC(O)CCCC(CCCCCCCC)S(=O)(=O)[O-].[Na+]. The third-order valence-corrected chi connectivity index (χ3v) is 6.53. The molecule has 4 nitrogen and oxygen atoms in total. The maximum Gasteiger partial charge on any atom is 1.00 e. The average molecular weight is 415 g/mol. The Balaban J connectivity index is 0. The predicted octanol–water partition coefficient (Wildman–Crippen LogP) is 2.94. The summed E-state index contributed by atoms with van der Waals surface area (Å²) in [5.74, 6) is 0. The van der Waals surface area contributed by atoms with Gasteiger partial charge in [0.05, 0.1) is 16.2 Å². The van der Waals surface area contributed by atoms with Crippen molar-refractivity contribution in [2.75, 3.05) is 0 Å². The topological polar surface area (TPSA) is 77.4 Å². The Morgan fingerprint density at radius 2 is 1.04 bits per heavy atom. The van der Waals surface area contributed by atoms with Crippen molar-refractivity contribution < 1.29 is 47.6 Å². The minimum absolute atomic E-state index is 0. The monoisotopic (exact) mass is 414 g/mol. The molecule has 0 aromatic heterocycles. The van der Waals surface area contributed by atoms with Crippen molar-refractivity contribution >= 4 is 10.1 Å². The van der Waals surface area contributed by atoms with E-state index in [0.29, 0.717) is 25.7 Å². The van der Waals surface area contributed by atoms with Crippen LogP contribution in [0.2, 0.25) is 0 Å². The summed E-state index contributed by atoms with van der Waals surface area (Å²) in [7, 11) is -4.22. The van der Waals surface area contributed by atoms with Crippen molar-refractivity contribution in [2.24, 2.45) is 0 Å². The van der Waals surface area contributed by atoms with Gasteiger partial charge in [-0.05, 0) is 32.1 Å². The second kappa shape index (κ2) is 20.2. The summed E-state index contributed by atoms with van der Waals surface area (Å²) in [5.41, 5.74) is 0. The van der Waals surface area contributed by atoms with Gasteiger partial charge in [0.15, 0.2) is 0 Å². The van der Waals surface area contributed by atoms with E-state index < -0.39 is 15.4 Å². The zero-order chi connectivity index (χ0) is 19.7. The molecule has 0 saturated heterocycles. The van der Waals surface area contributed by atoms with Gasteiger partial charge in [0.2, 0.25) is 0 Å². The Hall–Kier alpha value is 0.870. The third-order valence-electron chi connectivity index (χ3n) is 5.24. The largest absolute Gasteiger partial charge is 1.00 e. The summed E-state index contributed by atoms with van der Waals surface area (Å²) in [5, 5.41) is 9.27. The first-order valence-corrected chi connectivity index (χ1v) is 12.5. The zero-order valence-electron chi connectivity index (χ0n) is 18.3. The van der Waals surface area contributed by atoms with E-state index in [1.807, 2.05) is 0 Å². The second-order valence-electron chi connectivity index (χ2n) is 7.81. The summed E-state index contributed by atoms with van der Waals surface area (Å²) >= 11 is 0. The zero-order valence-corrected chi connectivity index (χ0v) is 21.1. The van der Waals surface area contributed by atoms with Crippen molar-refractivity contribution in [2.45, 2.75) is 134 Å². The van der Waals surface area contributed by atoms with E-state index in [-0.39, 0.29) is 35.7 Å². The van der Waals surface area contributed by atoms with Crippen molar-refractivity contribution in [1.82, 2.24) is 0 Å². The van der Waals surface area contributed by atoms with Gasteiger partial charge in [-0.2, -0.15) is 0 Å². The van der Waals surface area contributed by atoms with Gasteiger partial charge < -0.3 is 9.66 Å². The molecule has 0 heterocycles. The molecule has 0 radical (unpaired) electrons. The number of aliphatic hydroxyl groups excluding tert-OH is 1. The van der Waals surface area contributed by atoms with E-state index in [1.54, 1.807) is 0 Å². The van der Waals surface area contributed by atoms with E-state index in [1.165, 1.54) is 44.9 Å². The molecular weight excluding hydrogens is 371 g/mol. The quantitative estimate of drug-likeness (QED) is 0.200. The number of unbranched alkanes of at least 4 members (excludes halogenated alkanes) is 10. The van der Waals surface area contributed by atoms with Crippen LogP contribution in [0.25, 0.3) is 0 Å². The molecule has 2 unspecified atom stereocenters.